The summed E-state index contributed by atoms with van der Waals surface area (Å²) in [6.07, 6.45) is 4.29. The Kier molecular flexibility index (Phi) is 3.60. The molecule has 0 atom stereocenters. The van der Waals surface area contributed by atoms with Crippen LogP contribution < -0.4 is 5.32 Å². The Morgan fingerprint density at radius 2 is 1.96 bits per heavy atom. The first-order valence-electron chi connectivity index (χ1n) is 8.28. The van der Waals surface area contributed by atoms with Crippen LogP contribution in [0.1, 0.15) is 24.0 Å². The van der Waals surface area contributed by atoms with E-state index >= 15 is 0 Å². The molecule has 4 heteroatoms. The average molecular weight is 322 g/mol. The van der Waals surface area contributed by atoms with E-state index in [9.17, 15) is 9.18 Å². The summed E-state index contributed by atoms with van der Waals surface area (Å²) < 4.78 is 13.6. The maximum absolute atomic E-state index is 13.6. The first-order chi connectivity index (χ1) is 11.7. The molecular weight excluding hydrogens is 303 g/mol. The number of carbonyl (C=O) groups excluding carboxylic acids is 1. The molecule has 4 rings (SSSR count). The highest BCUT2D eigenvalue weighted by Gasteiger charge is 2.52. The summed E-state index contributed by atoms with van der Waals surface area (Å²) in [5, 5.41) is 3.87. The molecule has 0 saturated heterocycles. The number of aromatic nitrogens is 1. The predicted octanol–water partition coefficient (Wildman–Crippen LogP) is 3.70. The van der Waals surface area contributed by atoms with E-state index in [-0.39, 0.29) is 11.7 Å². The van der Waals surface area contributed by atoms with Crippen LogP contribution in [0.25, 0.3) is 10.9 Å². The highest BCUT2D eigenvalue weighted by atomic mass is 19.1. The lowest BCUT2D eigenvalue weighted by atomic mass is 9.94. The molecule has 2 aromatic carbocycles. The van der Waals surface area contributed by atoms with Crippen LogP contribution in [0.5, 0.6) is 0 Å². The Balaban J connectivity index is 1.50. The molecule has 0 spiro atoms. The average Bonchev–Trinajstić information content (AvgIpc) is 3.30. The Hall–Kier alpha value is -2.62. The fraction of sp³-hybridized carbons (Fsp3) is 0.250. The third-order valence-corrected chi connectivity index (χ3v) is 4.89. The van der Waals surface area contributed by atoms with Crippen LogP contribution in [0.2, 0.25) is 0 Å². The van der Waals surface area contributed by atoms with Gasteiger partial charge in [-0.2, -0.15) is 0 Å². The van der Waals surface area contributed by atoms with Gasteiger partial charge in [-0.3, -0.25) is 4.79 Å². The normalized spacial score (nSPS) is 15.4. The number of fused-ring (bicyclic) bond motifs is 1. The van der Waals surface area contributed by atoms with Crippen molar-refractivity contribution in [2.75, 3.05) is 6.54 Å². The monoisotopic (exact) mass is 322 g/mol. The summed E-state index contributed by atoms with van der Waals surface area (Å²) in [7, 11) is 0. The minimum absolute atomic E-state index is 0.0450. The zero-order valence-electron chi connectivity index (χ0n) is 13.3. The summed E-state index contributed by atoms with van der Waals surface area (Å²) >= 11 is 0. The van der Waals surface area contributed by atoms with Crippen molar-refractivity contribution >= 4 is 16.8 Å². The topological polar surface area (TPSA) is 44.9 Å². The number of aromatic amines is 1. The van der Waals surface area contributed by atoms with E-state index in [0.717, 1.165) is 35.7 Å². The molecule has 1 saturated carbocycles. The van der Waals surface area contributed by atoms with Gasteiger partial charge in [0.1, 0.15) is 5.82 Å². The molecule has 1 fully saturated rings. The molecular formula is C20H19FN2O. The maximum atomic E-state index is 13.6. The molecule has 0 radical (unpaired) electrons. The quantitative estimate of drug-likeness (QED) is 0.739. The molecule has 1 aromatic heterocycles. The molecule has 24 heavy (non-hydrogen) atoms. The molecule has 1 amide bonds. The number of carbonyl (C=O) groups is 1. The van der Waals surface area contributed by atoms with Crippen LogP contribution in [0.4, 0.5) is 4.39 Å². The number of rotatable bonds is 5. The second-order valence-electron chi connectivity index (χ2n) is 6.47. The number of benzene rings is 2. The van der Waals surface area contributed by atoms with Crippen LogP contribution in [0.3, 0.4) is 0 Å². The third-order valence-electron chi connectivity index (χ3n) is 4.89. The molecule has 2 N–H and O–H groups in total. The van der Waals surface area contributed by atoms with Gasteiger partial charge in [-0.15, -0.1) is 0 Å². The molecule has 0 bridgehead atoms. The molecule has 3 nitrogen and oxygen atoms in total. The maximum Gasteiger partial charge on any atom is 0.230 e. The zero-order chi connectivity index (χ0) is 16.6. The SMILES string of the molecule is O=C(NCCc1ccccc1)C1(c2c[nH]c3ccc(F)cc23)CC1. The van der Waals surface area contributed by atoms with Gasteiger partial charge in [-0.05, 0) is 48.6 Å². The number of H-pyrrole nitrogens is 1. The summed E-state index contributed by atoms with van der Waals surface area (Å²) in [6, 6.07) is 14.8. The van der Waals surface area contributed by atoms with E-state index in [2.05, 4.69) is 22.4 Å². The summed E-state index contributed by atoms with van der Waals surface area (Å²) in [5.74, 6) is -0.229. The molecule has 1 heterocycles. The smallest absolute Gasteiger partial charge is 0.230 e. The van der Waals surface area contributed by atoms with Crippen LogP contribution in [-0.4, -0.2) is 17.4 Å². The fourth-order valence-electron chi connectivity index (χ4n) is 3.37. The minimum Gasteiger partial charge on any atom is -0.361 e. The number of nitrogens with one attached hydrogen (secondary N) is 2. The first kappa shape index (κ1) is 14.9. The summed E-state index contributed by atoms with van der Waals surface area (Å²) in [4.78, 5) is 15.9. The number of hydrogen-bond donors (Lipinski definition) is 2. The Bertz CT molecular complexity index is 881. The molecule has 1 aliphatic rings. The van der Waals surface area contributed by atoms with Crippen molar-refractivity contribution < 1.29 is 9.18 Å². The lowest BCUT2D eigenvalue weighted by Crippen LogP contribution is -2.35. The van der Waals surface area contributed by atoms with Gasteiger partial charge < -0.3 is 10.3 Å². The Labute approximate surface area is 139 Å². The summed E-state index contributed by atoms with van der Waals surface area (Å²) in [6.45, 7) is 0.612. The zero-order valence-corrected chi connectivity index (χ0v) is 13.3. The standard InChI is InChI=1S/C20H19FN2O/c21-15-6-7-18-16(12-15)17(13-23-18)20(9-10-20)19(24)22-11-8-14-4-2-1-3-5-14/h1-7,12-13,23H,8-11H2,(H,22,24). The van der Waals surface area contributed by atoms with E-state index in [1.807, 2.05) is 24.4 Å². The third kappa shape index (κ3) is 2.58. The van der Waals surface area contributed by atoms with Gasteiger partial charge in [0.15, 0.2) is 0 Å². The van der Waals surface area contributed by atoms with E-state index in [4.69, 9.17) is 0 Å². The van der Waals surface area contributed by atoms with Crippen LogP contribution in [0, 0.1) is 5.82 Å². The lowest BCUT2D eigenvalue weighted by Gasteiger charge is -2.15. The van der Waals surface area contributed by atoms with E-state index in [0.29, 0.717) is 6.54 Å². The number of halogens is 1. The molecule has 0 unspecified atom stereocenters. The van der Waals surface area contributed by atoms with Crippen molar-refractivity contribution in [1.82, 2.24) is 10.3 Å². The van der Waals surface area contributed by atoms with E-state index < -0.39 is 5.41 Å². The highest BCUT2D eigenvalue weighted by molar-refractivity contribution is 5.97. The van der Waals surface area contributed by atoms with Gasteiger partial charge in [0.2, 0.25) is 5.91 Å². The van der Waals surface area contributed by atoms with Crippen molar-refractivity contribution in [2.24, 2.45) is 0 Å². The van der Waals surface area contributed by atoms with Crippen molar-refractivity contribution in [2.45, 2.75) is 24.7 Å². The van der Waals surface area contributed by atoms with Crippen LogP contribution in [0.15, 0.2) is 54.7 Å². The van der Waals surface area contributed by atoms with Crippen molar-refractivity contribution in [3.63, 3.8) is 0 Å². The van der Waals surface area contributed by atoms with Crippen LogP contribution >= 0.6 is 0 Å². The Morgan fingerprint density at radius 3 is 2.71 bits per heavy atom. The molecule has 122 valence electrons. The Morgan fingerprint density at radius 1 is 1.17 bits per heavy atom. The van der Waals surface area contributed by atoms with Gasteiger partial charge in [-0.1, -0.05) is 30.3 Å². The van der Waals surface area contributed by atoms with Gasteiger partial charge >= 0.3 is 0 Å². The largest absolute Gasteiger partial charge is 0.361 e. The fourth-order valence-corrected chi connectivity index (χ4v) is 3.37. The summed E-state index contributed by atoms with van der Waals surface area (Å²) in [5.41, 5.74) is 2.49. The molecule has 3 aromatic rings. The van der Waals surface area contributed by atoms with E-state index in [1.165, 1.54) is 17.7 Å². The number of hydrogen-bond acceptors (Lipinski definition) is 1. The van der Waals surface area contributed by atoms with Gasteiger partial charge in [0.05, 0.1) is 5.41 Å². The van der Waals surface area contributed by atoms with Crippen molar-refractivity contribution in [3.8, 4) is 0 Å². The first-order valence-corrected chi connectivity index (χ1v) is 8.28. The molecule has 1 aliphatic carbocycles. The lowest BCUT2D eigenvalue weighted by molar-refractivity contribution is -0.123. The number of amides is 1. The van der Waals surface area contributed by atoms with Crippen molar-refractivity contribution in [3.05, 3.63) is 71.7 Å². The predicted molar refractivity (Wildman–Crippen MR) is 92.3 cm³/mol. The van der Waals surface area contributed by atoms with Crippen molar-refractivity contribution in [1.29, 1.82) is 0 Å². The van der Waals surface area contributed by atoms with Crippen LogP contribution in [-0.2, 0) is 16.6 Å². The van der Waals surface area contributed by atoms with Gasteiger partial charge in [0, 0.05) is 23.6 Å². The van der Waals surface area contributed by atoms with E-state index in [1.54, 1.807) is 6.07 Å². The van der Waals surface area contributed by atoms with Gasteiger partial charge in [-0.25, -0.2) is 4.39 Å². The minimum atomic E-state index is -0.497. The van der Waals surface area contributed by atoms with Gasteiger partial charge in [0.25, 0.3) is 0 Å². The second-order valence-corrected chi connectivity index (χ2v) is 6.47. The molecule has 0 aliphatic heterocycles. The second kappa shape index (κ2) is 5.78. The highest BCUT2D eigenvalue weighted by Crippen LogP contribution is 2.50.